The molecule has 0 saturated carbocycles. The summed E-state index contributed by atoms with van der Waals surface area (Å²) in [4.78, 5) is 14.7. The Bertz CT molecular complexity index is 250. The summed E-state index contributed by atoms with van der Waals surface area (Å²) in [6.07, 6.45) is 4.91. The van der Waals surface area contributed by atoms with Gasteiger partial charge in [0.25, 0.3) is 0 Å². The Labute approximate surface area is 118 Å². The average molecular weight is 269 g/mol. The molecule has 19 heavy (non-hydrogen) atoms. The van der Waals surface area contributed by atoms with E-state index in [9.17, 15) is 4.79 Å². The molecule has 1 heterocycles. The molecule has 112 valence electrons. The number of amides is 1. The molecule has 0 spiro atoms. The quantitative estimate of drug-likeness (QED) is 0.658. The Morgan fingerprint density at radius 3 is 2.37 bits per heavy atom. The van der Waals surface area contributed by atoms with Crippen LogP contribution in [0.15, 0.2) is 0 Å². The van der Waals surface area contributed by atoms with E-state index in [1.165, 1.54) is 19.3 Å². The van der Waals surface area contributed by atoms with Crippen LogP contribution < -0.4 is 10.6 Å². The van der Waals surface area contributed by atoms with Gasteiger partial charge in [0.2, 0.25) is 5.91 Å². The average Bonchev–Trinajstić information content (AvgIpc) is 2.39. The minimum atomic E-state index is 0.0477. The fourth-order valence-electron chi connectivity index (χ4n) is 2.77. The van der Waals surface area contributed by atoms with Crippen molar-refractivity contribution in [2.24, 2.45) is 5.92 Å². The molecule has 0 radical (unpaired) electrons. The third kappa shape index (κ3) is 5.91. The van der Waals surface area contributed by atoms with Crippen molar-refractivity contribution in [3.8, 4) is 0 Å². The summed E-state index contributed by atoms with van der Waals surface area (Å²) < 4.78 is 0. The molecule has 1 unspecified atom stereocenters. The van der Waals surface area contributed by atoms with Crippen LogP contribution in [0.3, 0.4) is 0 Å². The van der Waals surface area contributed by atoms with E-state index >= 15 is 0 Å². The van der Waals surface area contributed by atoms with Crippen LogP contribution in [-0.2, 0) is 4.79 Å². The van der Waals surface area contributed by atoms with Crippen molar-refractivity contribution in [3.63, 3.8) is 0 Å². The van der Waals surface area contributed by atoms with Gasteiger partial charge in [-0.05, 0) is 44.8 Å². The third-order valence-corrected chi connectivity index (χ3v) is 3.71. The van der Waals surface area contributed by atoms with E-state index in [1.807, 2.05) is 0 Å². The lowest BCUT2D eigenvalue weighted by atomic mass is 9.98. The van der Waals surface area contributed by atoms with E-state index in [1.54, 1.807) is 0 Å². The maximum Gasteiger partial charge on any atom is 0.237 e. The summed E-state index contributed by atoms with van der Waals surface area (Å²) in [6, 6.07) is 0.0477. The second-order valence-electron chi connectivity index (χ2n) is 5.83. The van der Waals surface area contributed by atoms with Crippen molar-refractivity contribution in [3.05, 3.63) is 0 Å². The maximum absolute atomic E-state index is 12.3. The van der Waals surface area contributed by atoms with E-state index in [0.29, 0.717) is 5.92 Å². The van der Waals surface area contributed by atoms with Gasteiger partial charge in [0.15, 0.2) is 0 Å². The minimum absolute atomic E-state index is 0.0477. The number of piperidine rings is 1. The maximum atomic E-state index is 12.3. The van der Waals surface area contributed by atoms with Crippen LogP contribution in [0.2, 0.25) is 0 Å². The van der Waals surface area contributed by atoms with Crippen molar-refractivity contribution >= 4 is 5.91 Å². The zero-order valence-electron chi connectivity index (χ0n) is 12.9. The second-order valence-corrected chi connectivity index (χ2v) is 5.83. The van der Waals surface area contributed by atoms with Crippen LogP contribution in [-0.4, -0.2) is 49.6 Å². The van der Waals surface area contributed by atoms with Crippen molar-refractivity contribution in [1.29, 1.82) is 0 Å². The molecule has 0 aromatic heterocycles. The molecule has 2 N–H and O–H groups in total. The molecule has 0 aliphatic carbocycles. The molecule has 1 aliphatic heterocycles. The van der Waals surface area contributed by atoms with Gasteiger partial charge in [-0.15, -0.1) is 0 Å². The molecule has 1 amide bonds. The lowest BCUT2D eigenvalue weighted by molar-refractivity contribution is -0.128. The molecule has 1 rings (SSSR count). The van der Waals surface area contributed by atoms with Crippen LogP contribution in [0.1, 0.15) is 46.5 Å². The molecule has 1 aliphatic rings. The van der Waals surface area contributed by atoms with Gasteiger partial charge < -0.3 is 10.6 Å². The van der Waals surface area contributed by atoms with E-state index in [2.05, 4.69) is 36.3 Å². The van der Waals surface area contributed by atoms with Gasteiger partial charge in [-0.2, -0.15) is 0 Å². The number of nitrogens with zero attached hydrogens (tertiary/aromatic N) is 1. The van der Waals surface area contributed by atoms with Crippen LogP contribution >= 0.6 is 0 Å². The number of carbonyl (C=O) groups is 1. The largest absolute Gasteiger partial charge is 0.353 e. The molecular formula is C15H31N3O. The zero-order chi connectivity index (χ0) is 14.1. The van der Waals surface area contributed by atoms with Crippen molar-refractivity contribution in [2.75, 3.05) is 32.7 Å². The lowest BCUT2D eigenvalue weighted by Crippen LogP contribution is -2.52. The first kappa shape index (κ1) is 16.4. The van der Waals surface area contributed by atoms with Crippen molar-refractivity contribution < 1.29 is 4.79 Å². The van der Waals surface area contributed by atoms with E-state index in [-0.39, 0.29) is 11.9 Å². The number of carbonyl (C=O) groups excluding carboxylic acids is 1. The van der Waals surface area contributed by atoms with E-state index < -0.39 is 0 Å². The first-order chi connectivity index (χ1) is 9.16. The fourth-order valence-corrected chi connectivity index (χ4v) is 2.77. The Hall–Kier alpha value is -0.610. The molecule has 0 aromatic carbocycles. The highest BCUT2D eigenvalue weighted by Crippen LogP contribution is 2.17. The lowest BCUT2D eigenvalue weighted by Gasteiger charge is -2.35. The highest BCUT2D eigenvalue weighted by atomic mass is 16.2. The highest BCUT2D eigenvalue weighted by molar-refractivity contribution is 5.82. The topological polar surface area (TPSA) is 44.4 Å². The monoisotopic (exact) mass is 269 g/mol. The summed E-state index contributed by atoms with van der Waals surface area (Å²) in [5.41, 5.74) is 0. The molecule has 0 bridgehead atoms. The van der Waals surface area contributed by atoms with E-state index in [0.717, 1.165) is 39.1 Å². The van der Waals surface area contributed by atoms with Crippen LogP contribution in [0.5, 0.6) is 0 Å². The van der Waals surface area contributed by atoms with Gasteiger partial charge in [0.1, 0.15) is 0 Å². The normalized spacial score (nSPS) is 18.5. The number of hydrogen-bond donors (Lipinski definition) is 2. The number of hydrogen-bond acceptors (Lipinski definition) is 3. The first-order valence-electron chi connectivity index (χ1n) is 7.89. The fraction of sp³-hybridized carbons (Fsp3) is 0.933. The summed E-state index contributed by atoms with van der Waals surface area (Å²) in [6.45, 7) is 11.2. The minimum Gasteiger partial charge on any atom is -0.353 e. The second kappa shape index (κ2) is 9.32. The predicted molar refractivity (Wildman–Crippen MR) is 80.2 cm³/mol. The summed E-state index contributed by atoms with van der Waals surface area (Å²) in [5.74, 6) is 0.580. The molecule has 4 heteroatoms. The smallest absolute Gasteiger partial charge is 0.237 e. The number of nitrogens with one attached hydrogen (secondary N) is 2. The summed E-state index contributed by atoms with van der Waals surface area (Å²) >= 11 is 0. The van der Waals surface area contributed by atoms with E-state index in [4.69, 9.17) is 0 Å². The van der Waals surface area contributed by atoms with Crippen molar-refractivity contribution in [2.45, 2.75) is 52.5 Å². The Kier molecular flexibility index (Phi) is 8.07. The Morgan fingerprint density at radius 2 is 1.79 bits per heavy atom. The summed E-state index contributed by atoms with van der Waals surface area (Å²) in [7, 11) is 0. The Balaban J connectivity index is 2.35. The number of likely N-dealkylation sites (tertiary alicyclic amines) is 1. The highest BCUT2D eigenvalue weighted by Gasteiger charge is 2.29. The SMILES string of the molecule is CCCNCCNC(=O)C(C(C)C)N1CCCCC1. The van der Waals surface area contributed by atoms with Gasteiger partial charge in [0.05, 0.1) is 6.04 Å². The molecule has 0 aromatic rings. The Morgan fingerprint density at radius 1 is 1.11 bits per heavy atom. The predicted octanol–water partition coefficient (Wildman–Crippen LogP) is 1.61. The molecule has 1 atom stereocenters. The van der Waals surface area contributed by atoms with Gasteiger partial charge >= 0.3 is 0 Å². The van der Waals surface area contributed by atoms with Gasteiger partial charge in [-0.1, -0.05) is 27.2 Å². The molecule has 4 nitrogen and oxygen atoms in total. The third-order valence-electron chi connectivity index (χ3n) is 3.71. The molecule has 1 fully saturated rings. The van der Waals surface area contributed by atoms with Crippen LogP contribution in [0.4, 0.5) is 0 Å². The summed E-state index contributed by atoms with van der Waals surface area (Å²) in [5, 5.41) is 6.39. The van der Waals surface area contributed by atoms with Gasteiger partial charge in [-0.3, -0.25) is 9.69 Å². The van der Waals surface area contributed by atoms with Gasteiger partial charge in [0, 0.05) is 13.1 Å². The van der Waals surface area contributed by atoms with Crippen LogP contribution in [0, 0.1) is 5.92 Å². The van der Waals surface area contributed by atoms with Crippen LogP contribution in [0.25, 0.3) is 0 Å². The molecule has 1 saturated heterocycles. The van der Waals surface area contributed by atoms with Gasteiger partial charge in [-0.25, -0.2) is 0 Å². The first-order valence-corrected chi connectivity index (χ1v) is 7.89. The zero-order valence-corrected chi connectivity index (χ0v) is 12.9. The standard InChI is InChI=1S/C15H31N3O/c1-4-8-16-9-10-17-15(19)14(13(2)3)18-11-6-5-7-12-18/h13-14,16H,4-12H2,1-3H3,(H,17,19). The van der Waals surface area contributed by atoms with Crippen molar-refractivity contribution in [1.82, 2.24) is 15.5 Å². The number of rotatable bonds is 8. The molecular weight excluding hydrogens is 238 g/mol.